The Morgan fingerprint density at radius 3 is 2.60 bits per heavy atom. The molecule has 0 saturated heterocycles. The fourth-order valence-electron chi connectivity index (χ4n) is 2.58. The molecular weight excluding hydrogens is 131 g/mol. The van der Waals surface area contributed by atoms with Gasteiger partial charge in [-0.15, -0.1) is 0 Å². The molecule has 0 aromatic heterocycles. The van der Waals surface area contributed by atoms with Gasteiger partial charge in [0.15, 0.2) is 0 Å². The van der Waals surface area contributed by atoms with E-state index in [2.05, 4.69) is 0 Å². The summed E-state index contributed by atoms with van der Waals surface area (Å²) < 4.78 is 12.3. The van der Waals surface area contributed by atoms with Crippen molar-refractivity contribution < 1.29 is 9.50 Å². The van der Waals surface area contributed by atoms with Gasteiger partial charge in [-0.25, -0.2) is 4.39 Å². The summed E-state index contributed by atoms with van der Waals surface area (Å²) in [5, 5.41) is 9.62. The third-order valence-electron chi connectivity index (χ3n) is 3.17. The first kappa shape index (κ1) is 6.59. The third kappa shape index (κ3) is 0.715. The van der Waals surface area contributed by atoms with Gasteiger partial charge in [0.25, 0.3) is 0 Å². The Kier molecular flexibility index (Phi) is 1.28. The van der Waals surface area contributed by atoms with Crippen molar-refractivity contribution in [3.63, 3.8) is 0 Å². The highest BCUT2D eigenvalue weighted by Gasteiger charge is 2.49. The lowest BCUT2D eigenvalue weighted by Gasteiger charge is -2.28. The summed E-state index contributed by atoms with van der Waals surface area (Å²) in [4.78, 5) is 0. The van der Waals surface area contributed by atoms with Crippen LogP contribution in [0.5, 0.6) is 0 Å². The van der Waals surface area contributed by atoms with Gasteiger partial charge in [0.05, 0.1) is 5.60 Å². The molecule has 1 nitrogen and oxygen atoms in total. The van der Waals surface area contributed by atoms with Crippen molar-refractivity contribution >= 4 is 0 Å². The van der Waals surface area contributed by atoms with Crippen LogP contribution < -0.4 is 0 Å². The van der Waals surface area contributed by atoms with Crippen molar-refractivity contribution in [3.8, 4) is 0 Å². The smallest absolute Gasteiger partial charge is 0.118 e. The molecule has 2 rings (SSSR count). The first-order valence-corrected chi connectivity index (χ1v) is 4.03. The Hall–Kier alpha value is -0.110. The van der Waals surface area contributed by atoms with Gasteiger partial charge in [-0.05, 0) is 37.5 Å². The number of hydrogen-bond donors (Lipinski definition) is 1. The molecule has 2 aliphatic rings. The SMILES string of the molecule is OC1(CF)CC2CCC1C2. The second-order valence-electron chi connectivity index (χ2n) is 3.82. The van der Waals surface area contributed by atoms with E-state index in [4.69, 9.17) is 0 Å². The van der Waals surface area contributed by atoms with E-state index in [9.17, 15) is 9.50 Å². The molecule has 0 amide bonds. The molecule has 0 aliphatic heterocycles. The van der Waals surface area contributed by atoms with Crippen molar-refractivity contribution in [2.24, 2.45) is 11.8 Å². The lowest BCUT2D eigenvalue weighted by molar-refractivity contribution is -0.0327. The topological polar surface area (TPSA) is 20.2 Å². The molecule has 10 heavy (non-hydrogen) atoms. The van der Waals surface area contributed by atoms with E-state index >= 15 is 0 Å². The monoisotopic (exact) mass is 144 g/mol. The van der Waals surface area contributed by atoms with Gasteiger partial charge < -0.3 is 5.11 Å². The molecule has 0 radical (unpaired) electrons. The molecule has 0 aromatic rings. The van der Waals surface area contributed by atoms with E-state index in [1.54, 1.807) is 0 Å². The van der Waals surface area contributed by atoms with Crippen LogP contribution in [0.2, 0.25) is 0 Å². The van der Waals surface area contributed by atoms with E-state index in [0.29, 0.717) is 12.3 Å². The number of alkyl halides is 1. The number of fused-ring (bicyclic) bond motifs is 2. The molecule has 3 atom stereocenters. The van der Waals surface area contributed by atoms with Crippen LogP contribution in [0.3, 0.4) is 0 Å². The molecule has 0 heterocycles. The summed E-state index contributed by atoms with van der Waals surface area (Å²) in [6.07, 6.45) is 4.05. The maximum Gasteiger partial charge on any atom is 0.118 e. The van der Waals surface area contributed by atoms with Gasteiger partial charge in [-0.1, -0.05) is 0 Å². The van der Waals surface area contributed by atoms with Crippen LogP contribution in [-0.4, -0.2) is 17.4 Å². The van der Waals surface area contributed by atoms with Gasteiger partial charge in [0, 0.05) is 0 Å². The number of hydrogen-bond acceptors (Lipinski definition) is 1. The zero-order chi connectivity index (χ0) is 7.19. The first-order valence-electron chi connectivity index (χ1n) is 4.03. The fourth-order valence-corrected chi connectivity index (χ4v) is 2.58. The molecule has 2 fully saturated rings. The molecule has 2 saturated carbocycles. The van der Waals surface area contributed by atoms with Crippen LogP contribution in [0.4, 0.5) is 4.39 Å². The lowest BCUT2D eigenvalue weighted by atomic mass is 9.85. The summed E-state index contributed by atoms with van der Waals surface area (Å²) >= 11 is 0. The minimum absolute atomic E-state index is 0.280. The highest BCUT2D eigenvalue weighted by Crippen LogP contribution is 2.50. The molecule has 0 aromatic carbocycles. The minimum Gasteiger partial charge on any atom is -0.387 e. The molecule has 1 N–H and O–H groups in total. The second kappa shape index (κ2) is 1.94. The van der Waals surface area contributed by atoms with E-state index in [0.717, 1.165) is 12.8 Å². The molecule has 0 spiro atoms. The predicted molar refractivity (Wildman–Crippen MR) is 36.4 cm³/mol. The lowest BCUT2D eigenvalue weighted by Crippen LogP contribution is -2.37. The quantitative estimate of drug-likeness (QED) is 0.591. The molecule has 2 bridgehead atoms. The van der Waals surface area contributed by atoms with Gasteiger partial charge in [-0.3, -0.25) is 0 Å². The van der Waals surface area contributed by atoms with Crippen molar-refractivity contribution in [1.82, 2.24) is 0 Å². The number of halogens is 1. The summed E-state index contributed by atoms with van der Waals surface area (Å²) in [5.74, 6) is 0.910. The molecule has 2 aliphatic carbocycles. The Morgan fingerprint density at radius 2 is 2.30 bits per heavy atom. The van der Waals surface area contributed by atoms with Crippen LogP contribution in [0.15, 0.2) is 0 Å². The zero-order valence-electron chi connectivity index (χ0n) is 6.02. The first-order chi connectivity index (χ1) is 4.74. The number of aliphatic hydroxyl groups is 1. The minimum atomic E-state index is -0.914. The van der Waals surface area contributed by atoms with E-state index in [-0.39, 0.29) is 5.92 Å². The van der Waals surface area contributed by atoms with Crippen LogP contribution in [0.25, 0.3) is 0 Å². The molecule has 3 unspecified atom stereocenters. The van der Waals surface area contributed by atoms with E-state index < -0.39 is 12.3 Å². The van der Waals surface area contributed by atoms with Gasteiger partial charge in [0.1, 0.15) is 6.67 Å². The summed E-state index contributed by atoms with van der Waals surface area (Å²) in [6, 6.07) is 0. The van der Waals surface area contributed by atoms with E-state index in [1.807, 2.05) is 0 Å². The summed E-state index contributed by atoms with van der Waals surface area (Å²) in [5.41, 5.74) is -0.914. The molecular formula is C8H13FO. The Balaban J connectivity index is 2.14. The fraction of sp³-hybridized carbons (Fsp3) is 1.00. The van der Waals surface area contributed by atoms with Crippen LogP contribution in [-0.2, 0) is 0 Å². The van der Waals surface area contributed by atoms with Gasteiger partial charge in [0.2, 0.25) is 0 Å². The molecule has 2 heteroatoms. The maximum absolute atomic E-state index is 12.3. The zero-order valence-corrected chi connectivity index (χ0v) is 6.02. The average Bonchev–Trinajstić information content (AvgIpc) is 2.46. The Bertz CT molecular complexity index is 148. The number of rotatable bonds is 1. The predicted octanol–water partition coefficient (Wildman–Crippen LogP) is 1.51. The van der Waals surface area contributed by atoms with Crippen LogP contribution >= 0.6 is 0 Å². The summed E-state index contributed by atoms with van der Waals surface area (Å²) in [6.45, 7) is -0.534. The molecule has 58 valence electrons. The van der Waals surface area contributed by atoms with Gasteiger partial charge in [-0.2, -0.15) is 0 Å². The largest absolute Gasteiger partial charge is 0.387 e. The second-order valence-corrected chi connectivity index (χ2v) is 3.82. The van der Waals surface area contributed by atoms with E-state index in [1.165, 1.54) is 6.42 Å². The van der Waals surface area contributed by atoms with Gasteiger partial charge >= 0.3 is 0 Å². The van der Waals surface area contributed by atoms with Crippen LogP contribution in [0, 0.1) is 11.8 Å². The maximum atomic E-state index is 12.3. The van der Waals surface area contributed by atoms with Crippen molar-refractivity contribution in [3.05, 3.63) is 0 Å². The van der Waals surface area contributed by atoms with Crippen molar-refractivity contribution in [2.75, 3.05) is 6.67 Å². The summed E-state index contributed by atoms with van der Waals surface area (Å²) in [7, 11) is 0. The van der Waals surface area contributed by atoms with Crippen molar-refractivity contribution in [1.29, 1.82) is 0 Å². The normalized spacial score (nSPS) is 52.2. The highest BCUT2D eigenvalue weighted by molar-refractivity contribution is 5.00. The Morgan fingerprint density at radius 1 is 1.50 bits per heavy atom. The highest BCUT2D eigenvalue weighted by atomic mass is 19.1. The third-order valence-corrected chi connectivity index (χ3v) is 3.17. The Labute approximate surface area is 60.2 Å². The standard InChI is InChI=1S/C8H13FO/c9-5-8(10)4-6-1-2-7(8)3-6/h6-7,10H,1-5H2. The average molecular weight is 144 g/mol. The van der Waals surface area contributed by atoms with Crippen molar-refractivity contribution in [2.45, 2.75) is 31.3 Å². The van der Waals surface area contributed by atoms with Crippen LogP contribution in [0.1, 0.15) is 25.7 Å².